The Bertz CT molecular complexity index is 951. The Morgan fingerprint density at radius 2 is 1.84 bits per heavy atom. The molecule has 2 N–H and O–H groups in total. The SMILES string of the molecule is CC[C@H](NC(=O)Cc1n[nH]c(=O)c2ccccc12)c1ccc(Br)cc1. The second-order valence-corrected chi connectivity index (χ2v) is 6.72. The normalized spacial score (nSPS) is 12.1. The summed E-state index contributed by atoms with van der Waals surface area (Å²) in [6.07, 6.45) is 0.900. The molecule has 1 heterocycles. The fraction of sp³-hybridized carbons (Fsp3) is 0.211. The molecule has 0 radical (unpaired) electrons. The molecule has 3 aromatic rings. The van der Waals surface area contributed by atoms with Gasteiger partial charge in [0.1, 0.15) is 0 Å². The van der Waals surface area contributed by atoms with E-state index in [1.54, 1.807) is 12.1 Å². The second kappa shape index (κ2) is 7.61. The predicted molar refractivity (Wildman–Crippen MR) is 101 cm³/mol. The van der Waals surface area contributed by atoms with Gasteiger partial charge in [-0.15, -0.1) is 0 Å². The molecule has 1 aromatic heterocycles. The number of aromatic nitrogens is 2. The maximum atomic E-state index is 12.5. The molecule has 1 amide bonds. The Hall–Kier alpha value is -2.47. The van der Waals surface area contributed by atoms with Crippen LogP contribution in [0.25, 0.3) is 10.8 Å². The quantitative estimate of drug-likeness (QED) is 0.689. The molecule has 0 fully saturated rings. The molecule has 0 aliphatic carbocycles. The zero-order valence-corrected chi connectivity index (χ0v) is 15.3. The van der Waals surface area contributed by atoms with E-state index >= 15 is 0 Å². The van der Waals surface area contributed by atoms with Crippen LogP contribution in [0.2, 0.25) is 0 Å². The van der Waals surface area contributed by atoms with Gasteiger partial charge in [0.25, 0.3) is 5.56 Å². The van der Waals surface area contributed by atoms with E-state index in [1.165, 1.54) is 0 Å². The van der Waals surface area contributed by atoms with Gasteiger partial charge >= 0.3 is 0 Å². The Morgan fingerprint density at radius 1 is 1.16 bits per heavy atom. The number of carbonyl (C=O) groups is 1. The molecule has 2 aromatic carbocycles. The van der Waals surface area contributed by atoms with Crippen molar-refractivity contribution in [3.63, 3.8) is 0 Å². The molecule has 0 bridgehead atoms. The summed E-state index contributed by atoms with van der Waals surface area (Å²) in [4.78, 5) is 24.3. The van der Waals surface area contributed by atoms with Crippen LogP contribution in [0, 0.1) is 0 Å². The van der Waals surface area contributed by atoms with E-state index < -0.39 is 0 Å². The van der Waals surface area contributed by atoms with Crippen molar-refractivity contribution in [3.05, 3.63) is 74.6 Å². The van der Waals surface area contributed by atoms with Crippen molar-refractivity contribution in [3.8, 4) is 0 Å². The van der Waals surface area contributed by atoms with Crippen LogP contribution in [-0.4, -0.2) is 16.1 Å². The first-order chi connectivity index (χ1) is 12.1. The second-order valence-electron chi connectivity index (χ2n) is 5.80. The van der Waals surface area contributed by atoms with Crippen molar-refractivity contribution >= 4 is 32.6 Å². The van der Waals surface area contributed by atoms with Crippen molar-refractivity contribution in [2.45, 2.75) is 25.8 Å². The number of aromatic amines is 1. The lowest BCUT2D eigenvalue weighted by Crippen LogP contribution is -2.30. The van der Waals surface area contributed by atoms with Gasteiger partial charge in [0.15, 0.2) is 0 Å². The average Bonchev–Trinajstić information content (AvgIpc) is 2.63. The first kappa shape index (κ1) is 17.4. The lowest BCUT2D eigenvalue weighted by Gasteiger charge is -2.17. The number of rotatable bonds is 5. The zero-order chi connectivity index (χ0) is 17.8. The zero-order valence-electron chi connectivity index (χ0n) is 13.8. The van der Waals surface area contributed by atoms with E-state index in [9.17, 15) is 9.59 Å². The smallest absolute Gasteiger partial charge is 0.272 e. The van der Waals surface area contributed by atoms with Crippen molar-refractivity contribution in [2.75, 3.05) is 0 Å². The third kappa shape index (κ3) is 3.96. The number of hydrogen-bond donors (Lipinski definition) is 2. The number of nitrogens with one attached hydrogen (secondary N) is 2. The Morgan fingerprint density at radius 3 is 2.52 bits per heavy atom. The summed E-state index contributed by atoms with van der Waals surface area (Å²) in [7, 11) is 0. The fourth-order valence-corrected chi connectivity index (χ4v) is 3.08. The number of H-pyrrole nitrogens is 1. The Balaban J connectivity index is 1.79. The fourth-order valence-electron chi connectivity index (χ4n) is 2.82. The molecule has 0 spiro atoms. The molecule has 3 rings (SSSR count). The third-order valence-corrected chi connectivity index (χ3v) is 4.65. The van der Waals surface area contributed by atoms with Crippen molar-refractivity contribution in [1.29, 1.82) is 0 Å². The molecule has 0 saturated heterocycles. The van der Waals surface area contributed by atoms with Gasteiger partial charge in [0.2, 0.25) is 5.91 Å². The third-order valence-electron chi connectivity index (χ3n) is 4.12. The van der Waals surface area contributed by atoms with Gasteiger partial charge in [-0.2, -0.15) is 5.10 Å². The summed E-state index contributed by atoms with van der Waals surface area (Å²) in [6.45, 7) is 2.03. The molecule has 0 aliphatic heterocycles. The van der Waals surface area contributed by atoms with Crippen molar-refractivity contribution < 1.29 is 4.79 Å². The highest BCUT2D eigenvalue weighted by Crippen LogP contribution is 2.20. The van der Waals surface area contributed by atoms with Crippen molar-refractivity contribution in [1.82, 2.24) is 15.5 Å². The summed E-state index contributed by atoms with van der Waals surface area (Å²) in [6, 6.07) is 15.0. The maximum absolute atomic E-state index is 12.5. The van der Waals surface area contributed by atoms with Crippen LogP contribution >= 0.6 is 15.9 Å². The minimum Gasteiger partial charge on any atom is -0.349 e. The van der Waals surface area contributed by atoms with Crippen LogP contribution in [0.1, 0.15) is 30.6 Å². The molecule has 0 saturated carbocycles. The predicted octanol–water partition coefficient (Wildman–Crippen LogP) is 3.50. The topological polar surface area (TPSA) is 74.8 Å². The van der Waals surface area contributed by atoms with E-state index in [2.05, 4.69) is 31.4 Å². The lowest BCUT2D eigenvalue weighted by atomic mass is 10.0. The highest BCUT2D eigenvalue weighted by Gasteiger charge is 2.15. The van der Waals surface area contributed by atoms with Crippen molar-refractivity contribution in [2.24, 2.45) is 0 Å². The highest BCUT2D eigenvalue weighted by atomic mass is 79.9. The van der Waals surface area contributed by atoms with E-state index in [4.69, 9.17) is 0 Å². The van der Waals surface area contributed by atoms with Crippen LogP contribution < -0.4 is 10.9 Å². The molecule has 128 valence electrons. The summed E-state index contributed by atoms with van der Waals surface area (Å²) in [5.41, 5.74) is 1.37. The summed E-state index contributed by atoms with van der Waals surface area (Å²) in [5, 5.41) is 10.8. The molecule has 0 aliphatic rings. The minimum absolute atomic E-state index is 0.0605. The molecule has 5 nitrogen and oxygen atoms in total. The van der Waals surface area contributed by atoms with Crippen LogP contribution in [0.3, 0.4) is 0 Å². The molecule has 1 atom stereocenters. The van der Waals surface area contributed by atoms with Gasteiger partial charge in [0, 0.05) is 9.86 Å². The number of halogens is 1. The van der Waals surface area contributed by atoms with Gasteiger partial charge in [-0.25, -0.2) is 5.10 Å². The standard InChI is InChI=1S/C19H18BrN3O2/c1-2-16(12-7-9-13(20)10-8-12)21-18(24)11-17-14-5-3-4-6-15(14)19(25)23-22-17/h3-10,16H,2,11H2,1H3,(H,21,24)(H,23,25)/t16-/m0/s1. The number of carbonyl (C=O) groups excluding carboxylic acids is 1. The van der Waals surface area contributed by atoms with Gasteiger partial charge in [-0.1, -0.05) is 53.2 Å². The van der Waals surface area contributed by atoms with Gasteiger partial charge in [0.05, 0.1) is 23.5 Å². The maximum Gasteiger partial charge on any atom is 0.272 e. The monoisotopic (exact) mass is 399 g/mol. The molecule has 6 heteroatoms. The number of fused-ring (bicyclic) bond motifs is 1. The first-order valence-corrected chi connectivity index (χ1v) is 8.89. The molecular weight excluding hydrogens is 382 g/mol. The number of amides is 1. The van der Waals surface area contributed by atoms with E-state index in [1.807, 2.05) is 43.3 Å². The van der Waals surface area contributed by atoms with Crippen LogP contribution in [0.15, 0.2) is 57.8 Å². The van der Waals surface area contributed by atoms with E-state index in [0.717, 1.165) is 16.5 Å². The molecular formula is C19H18BrN3O2. The van der Waals surface area contributed by atoms with Gasteiger partial charge in [-0.3, -0.25) is 9.59 Å². The average molecular weight is 400 g/mol. The number of benzene rings is 2. The van der Waals surface area contributed by atoms with E-state index in [-0.39, 0.29) is 23.9 Å². The number of nitrogens with zero attached hydrogens (tertiary/aromatic N) is 1. The van der Waals surface area contributed by atoms with Gasteiger partial charge < -0.3 is 5.32 Å². The van der Waals surface area contributed by atoms with E-state index in [0.29, 0.717) is 16.5 Å². The molecule has 0 unspecified atom stereocenters. The largest absolute Gasteiger partial charge is 0.349 e. The van der Waals surface area contributed by atoms with Crippen LogP contribution in [0.4, 0.5) is 0 Å². The lowest BCUT2D eigenvalue weighted by molar-refractivity contribution is -0.121. The van der Waals surface area contributed by atoms with Gasteiger partial charge in [-0.05, 0) is 30.2 Å². The summed E-state index contributed by atoms with van der Waals surface area (Å²) in [5.74, 6) is -0.125. The summed E-state index contributed by atoms with van der Waals surface area (Å²) < 4.78 is 1.00. The summed E-state index contributed by atoms with van der Waals surface area (Å²) >= 11 is 3.42. The minimum atomic E-state index is -0.249. The van der Waals surface area contributed by atoms with Crippen LogP contribution in [0.5, 0.6) is 0 Å². The molecule has 25 heavy (non-hydrogen) atoms. The Kier molecular flexibility index (Phi) is 5.28. The highest BCUT2D eigenvalue weighted by molar-refractivity contribution is 9.10. The Labute approximate surface area is 153 Å². The number of hydrogen-bond acceptors (Lipinski definition) is 3. The first-order valence-electron chi connectivity index (χ1n) is 8.09. The van der Waals surface area contributed by atoms with Crippen LogP contribution in [-0.2, 0) is 11.2 Å².